The third kappa shape index (κ3) is 19.9. The lowest BCUT2D eigenvalue weighted by Crippen LogP contribution is -2.24. The van der Waals surface area contributed by atoms with Gasteiger partial charge in [-0.2, -0.15) is 0 Å². The number of azide groups is 2. The van der Waals surface area contributed by atoms with Crippen LogP contribution in [0.1, 0.15) is 78.7 Å². The van der Waals surface area contributed by atoms with Crippen LogP contribution in [0.3, 0.4) is 0 Å². The SMILES string of the molecule is C#CCN(CC#C)CC#C.Cc1cn(Cc2cccc(Cn3cc(CN(Cc4cn(Cc5cccc(Cn6cc(C)nn6)c5)nn4)Cc4cn(Cc5cccc(Cn6cc(C)nn6)c5)nn4)nn3)c2)nn1.[N-]=[N+]=NCc1cccc(CN=[N+]=[N-])c1. The molecule has 26 nitrogen and oxygen atoms in total. The Balaban J connectivity index is 0.000000326. The van der Waals surface area contributed by atoms with Gasteiger partial charge in [-0.1, -0.05) is 156 Å². The van der Waals surface area contributed by atoms with Gasteiger partial charge in [0.15, 0.2) is 0 Å². The quantitative estimate of drug-likeness (QED) is 0.0238. The number of aryl methyl sites for hydroxylation is 3. The maximum atomic E-state index is 8.13. The zero-order chi connectivity index (χ0) is 59.6. The zero-order valence-corrected chi connectivity index (χ0v) is 47.5. The summed E-state index contributed by atoms with van der Waals surface area (Å²) < 4.78 is 11.1. The van der Waals surface area contributed by atoms with Gasteiger partial charge in [0.1, 0.15) is 0 Å². The second-order valence-electron chi connectivity index (χ2n) is 19.9. The van der Waals surface area contributed by atoms with Crippen LogP contribution in [0.5, 0.6) is 0 Å². The van der Waals surface area contributed by atoms with E-state index in [0.717, 1.165) is 78.7 Å². The first-order chi connectivity index (χ1) is 41.5. The topological polar surface area (TPSA) is 288 Å². The van der Waals surface area contributed by atoms with Crippen molar-refractivity contribution in [2.75, 3.05) is 19.6 Å². The fourth-order valence-corrected chi connectivity index (χ4v) is 8.95. The van der Waals surface area contributed by atoms with E-state index in [4.69, 9.17) is 30.3 Å². The van der Waals surface area contributed by atoms with Gasteiger partial charge in [-0.05, 0) is 76.3 Å². The van der Waals surface area contributed by atoms with Crippen molar-refractivity contribution in [2.45, 2.75) is 92.8 Å². The molecule has 0 radical (unpaired) electrons. The van der Waals surface area contributed by atoms with E-state index in [2.05, 4.69) is 177 Å². The molecule has 26 heteroatoms. The molecule has 428 valence electrons. The Bertz CT molecular complexity index is 3590. The van der Waals surface area contributed by atoms with Gasteiger partial charge in [0.05, 0.1) is 125 Å². The number of aromatic nitrogens is 18. The molecule has 0 atom stereocenters. The molecule has 6 heterocycles. The number of terminal acetylenes is 3. The Kier molecular flexibility index (Phi) is 22.1. The summed E-state index contributed by atoms with van der Waals surface area (Å²) in [6.07, 6.45) is 27.0. The molecule has 0 unspecified atom stereocenters. The van der Waals surface area contributed by atoms with E-state index in [1.165, 1.54) is 0 Å². The summed E-state index contributed by atoms with van der Waals surface area (Å²) in [5, 5.41) is 59.0. The van der Waals surface area contributed by atoms with Gasteiger partial charge < -0.3 is 0 Å². The maximum Gasteiger partial charge on any atom is 0.0967 e. The number of hydrogen-bond acceptors (Lipinski definition) is 16. The number of rotatable bonds is 25. The number of benzene rings is 4. The van der Waals surface area contributed by atoms with E-state index < -0.39 is 0 Å². The van der Waals surface area contributed by atoms with Gasteiger partial charge in [-0.25, -0.2) is 28.1 Å². The van der Waals surface area contributed by atoms with Crippen molar-refractivity contribution in [3.05, 3.63) is 234 Å². The van der Waals surface area contributed by atoms with E-state index in [1.807, 2.05) is 115 Å². The molecule has 0 aliphatic carbocycles. The minimum absolute atomic E-state index is 0.320. The Morgan fingerprint density at radius 2 is 0.647 bits per heavy atom. The van der Waals surface area contributed by atoms with Crippen molar-refractivity contribution < 1.29 is 0 Å². The fourth-order valence-electron chi connectivity index (χ4n) is 8.95. The molecule has 0 aliphatic heterocycles. The van der Waals surface area contributed by atoms with Crippen LogP contribution in [-0.2, 0) is 72.0 Å². The van der Waals surface area contributed by atoms with Gasteiger partial charge in [-0.15, -0.1) is 49.9 Å². The van der Waals surface area contributed by atoms with Gasteiger partial charge in [0.2, 0.25) is 0 Å². The fraction of sp³-hybridized carbons (Fsp3) is 0.288. The van der Waals surface area contributed by atoms with Gasteiger partial charge >= 0.3 is 0 Å². The second-order valence-corrected chi connectivity index (χ2v) is 19.9. The minimum atomic E-state index is 0.320. The largest absolute Gasteiger partial charge is 0.285 e. The third-order valence-corrected chi connectivity index (χ3v) is 12.5. The molecule has 0 saturated heterocycles. The van der Waals surface area contributed by atoms with Crippen LogP contribution in [0.2, 0.25) is 0 Å². The summed E-state index contributed by atoms with van der Waals surface area (Å²) in [5.74, 6) is 7.42. The number of nitrogens with zero attached hydrogens (tertiary/aromatic N) is 26. The van der Waals surface area contributed by atoms with Crippen molar-refractivity contribution in [1.29, 1.82) is 0 Å². The highest BCUT2D eigenvalue weighted by atomic mass is 15.5. The molecule has 0 aliphatic rings. The summed E-state index contributed by atoms with van der Waals surface area (Å²) in [6, 6.07) is 32.6. The molecule has 0 amide bonds. The number of hydrogen-bond donors (Lipinski definition) is 0. The Morgan fingerprint density at radius 3 is 0.906 bits per heavy atom. The molecular formula is C59H62N26. The molecule has 0 N–H and O–H groups in total. The summed E-state index contributed by atoms with van der Waals surface area (Å²) in [4.78, 5) is 9.40. The zero-order valence-electron chi connectivity index (χ0n) is 47.5. The normalized spacial score (nSPS) is 10.7. The highest BCUT2D eigenvalue weighted by Gasteiger charge is 2.17. The predicted octanol–water partition coefficient (Wildman–Crippen LogP) is 7.15. The first-order valence-electron chi connectivity index (χ1n) is 26.9. The van der Waals surface area contributed by atoms with E-state index in [-0.39, 0.29) is 0 Å². The highest BCUT2D eigenvalue weighted by Crippen LogP contribution is 2.16. The van der Waals surface area contributed by atoms with Crippen molar-refractivity contribution in [1.82, 2.24) is 99.8 Å². The van der Waals surface area contributed by atoms with Crippen molar-refractivity contribution >= 4 is 0 Å². The lowest BCUT2D eigenvalue weighted by Gasteiger charge is -2.18. The Hall–Kier alpha value is -11.1. The average Bonchev–Trinajstić information content (AvgIpc) is 4.43. The Labute approximate surface area is 491 Å². The van der Waals surface area contributed by atoms with E-state index in [9.17, 15) is 0 Å². The molecular weight excluding hydrogens is 1070 g/mol. The molecule has 0 spiro atoms. The van der Waals surface area contributed by atoms with Crippen LogP contribution in [-0.4, -0.2) is 119 Å². The van der Waals surface area contributed by atoms with Crippen LogP contribution in [0.25, 0.3) is 20.9 Å². The molecule has 85 heavy (non-hydrogen) atoms. The van der Waals surface area contributed by atoms with Gasteiger partial charge in [0.25, 0.3) is 0 Å². The monoisotopic (exact) mass is 1130 g/mol. The molecule has 6 aromatic heterocycles. The first-order valence-corrected chi connectivity index (χ1v) is 26.9. The van der Waals surface area contributed by atoms with E-state index in [0.29, 0.717) is 91.6 Å². The smallest absolute Gasteiger partial charge is 0.0967 e. The van der Waals surface area contributed by atoms with E-state index in [1.54, 1.807) is 0 Å². The maximum absolute atomic E-state index is 8.13. The van der Waals surface area contributed by atoms with Crippen molar-refractivity contribution in [3.63, 3.8) is 0 Å². The first kappa shape index (κ1) is 60.0. The standard InChI is InChI=1S/C42H45N19.C9H9N.C8H8N6/c1-31-16-56(49-43-31)19-34-7-4-10-37(13-34)22-59-28-40(46-52-59)25-55(26-41-29-60(53-47-41)23-38-11-5-8-35(14-38)20-57-17-32(2)44-50-57)27-42-30-61(54-48-42)24-39-12-6-9-36(15-39)21-58-18-33(3)45-51-58;1-4-7-10(8-5-2)9-6-3;9-13-11-5-7-2-1-3-8(4-7)6-12-14-10/h4-18,28-30H,19-27H2,1-3H3;1-3H,7-9H2;1-4H,5-6H2. The average molecular weight is 1140 g/mol. The molecule has 10 rings (SSSR count). The second kappa shape index (κ2) is 31.2. The summed E-state index contributed by atoms with van der Waals surface area (Å²) in [6.45, 7) is 13.2. The lowest BCUT2D eigenvalue weighted by atomic mass is 10.1. The molecule has 4 aromatic carbocycles. The third-order valence-electron chi connectivity index (χ3n) is 12.5. The summed E-state index contributed by atoms with van der Waals surface area (Å²) >= 11 is 0. The van der Waals surface area contributed by atoms with Crippen LogP contribution < -0.4 is 0 Å². The van der Waals surface area contributed by atoms with Gasteiger partial charge in [0, 0.05) is 48.0 Å². The van der Waals surface area contributed by atoms with Crippen LogP contribution >= 0.6 is 0 Å². The minimum Gasteiger partial charge on any atom is -0.285 e. The Morgan fingerprint density at radius 1 is 0.388 bits per heavy atom. The highest BCUT2D eigenvalue weighted by molar-refractivity contribution is 5.27. The summed E-state index contributed by atoms with van der Waals surface area (Å²) in [7, 11) is 0. The van der Waals surface area contributed by atoms with Crippen LogP contribution in [0.15, 0.2) is 144 Å². The van der Waals surface area contributed by atoms with Crippen LogP contribution in [0.4, 0.5) is 0 Å². The molecule has 0 saturated carbocycles. The van der Waals surface area contributed by atoms with Crippen molar-refractivity contribution in [3.8, 4) is 37.0 Å². The van der Waals surface area contributed by atoms with Gasteiger partial charge in [-0.3, -0.25) is 9.80 Å². The molecule has 0 bridgehead atoms. The predicted molar refractivity (Wildman–Crippen MR) is 316 cm³/mol. The van der Waals surface area contributed by atoms with E-state index >= 15 is 0 Å². The lowest BCUT2D eigenvalue weighted by molar-refractivity contribution is 0.238. The van der Waals surface area contributed by atoms with Crippen LogP contribution in [0, 0.1) is 57.8 Å². The molecule has 10 aromatic rings. The molecule has 0 fully saturated rings. The van der Waals surface area contributed by atoms with Crippen molar-refractivity contribution in [2.24, 2.45) is 10.2 Å². The summed E-state index contributed by atoms with van der Waals surface area (Å²) in [5.41, 5.74) is 30.0.